The van der Waals surface area contributed by atoms with Gasteiger partial charge in [0.25, 0.3) is 10.2 Å². The van der Waals surface area contributed by atoms with Crippen LogP contribution in [0, 0.1) is 5.92 Å². The molecule has 0 aliphatic carbocycles. The first-order valence-corrected chi connectivity index (χ1v) is 7.84. The van der Waals surface area contributed by atoms with E-state index in [1.54, 1.807) is 0 Å². The van der Waals surface area contributed by atoms with Crippen molar-refractivity contribution in [2.45, 2.75) is 18.9 Å². The highest BCUT2D eigenvalue weighted by Gasteiger charge is 2.32. The van der Waals surface area contributed by atoms with Crippen LogP contribution in [0.5, 0.6) is 0 Å². The van der Waals surface area contributed by atoms with E-state index in [1.165, 1.54) is 7.11 Å². The van der Waals surface area contributed by atoms with Gasteiger partial charge in [-0.3, -0.25) is 4.79 Å². The van der Waals surface area contributed by atoms with Crippen molar-refractivity contribution in [2.24, 2.45) is 5.92 Å². The van der Waals surface area contributed by atoms with Crippen molar-refractivity contribution in [2.75, 3.05) is 33.9 Å². The molecule has 1 atom stereocenters. The van der Waals surface area contributed by atoms with E-state index < -0.39 is 28.8 Å². The number of ether oxygens (including phenoxy) is 2. The summed E-state index contributed by atoms with van der Waals surface area (Å²) in [4.78, 5) is 22.3. The molecule has 1 unspecified atom stereocenters. The lowest BCUT2D eigenvalue weighted by atomic mass is 9.99. The van der Waals surface area contributed by atoms with Crippen LogP contribution >= 0.6 is 0 Å². The Kier molecular flexibility index (Phi) is 6.52. The van der Waals surface area contributed by atoms with Gasteiger partial charge in [0.2, 0.25) is 0 Å². The molecule has 9 nitrogen and oxygen atoms in total. The van der Waals surface area contributed by atoms with Crippen molar-refractivity contribution >= 4 is 22.1 Å². The Morgan fingerprint density at radius 3 is 2.33 bits per heavy atom. The van der Waals surface area contributed by atoms with E-state index in [2.05, 4.69) is 14.2 Å². The maximum atomic E-state index is 12.0. The Bertz CT molecular complexity index is 471. The lowest BCUT2D eigenvalue weighted by molar-refractivity contribution is -0.150. The van der Waals surface area contributed by atoms with Gasteiger partial charge in [-0.1, -0.05) is 0 Å². The van der Waals surface area contributed by atoms with Crippen LogP contribution in [0.3, 0.4) is 0 Å². The molecule has 0 bridgehead atoms. The number of hydrogen-bond acceptors (Lipinski definition) is 7. The number of carbonyl (C=O) groups is 2. The largest absolute Gasteiger partial charge is 0.469 e. The molecule has 0 aromatic carbocycles. The second-order valence-electron chi connectivity index (χ2n) is 4.59. The van der Waals surface area contributed by atoms with Crippen LogP contribution in [0.2, 0.25) is 0 Å². The highest BCUT2D eigenvalue weighted by Crippen LogP contribution is 2.20. The van der Waals surface area contributed by atoms with Gasteiger partial charge in [0, 0.05) is 19.6 Å². The second-order valence-corrected chi connectivity index (χ2v) is 6.34. The molecule has 0 aromatic rings. The molecule has 0 spiro atoms. The molecule has 1 saturated heterocycles. The zero-order chi connectivity index (χ0) is 16.0. The van der Waals surface area contributed by atoms with Crippen LogP contribution in [0.4, 0.5) is 0 Å². The van der Waals surface area contributed by atoms with Gasteiger partial charge in [-0.25, -0.2) is 4.79 Å². The molecule has 1 aliphatic heterocycles. The molecule has 10 heteroatoms. The molecule has 0 saturated carbocycles. The van der Waals surface area contributed by atoms with E-state index in [-0.39, 0.29) is 25.0 Å². The van der Waals surface area contributed by atoms with Gasteiger partial charge in [-0.05, 0) is 12.8 Å². The van der Waals surface area contributed by atoms with E-state index in [4.69, 9.17) is 0 Å². The second kappa shape index (κ2) is 7.69. The lowest BCUT2D eigenvalue weighted by Crippen LogP contribution is -2.48. The molecule has 1 aliphatic rings. The highest BCUT2D eigenvalue weighted by atomic mass is 32.2. The minimum atomic E-state index is -3.81. The number of esters is 2. The SMILES string of the molecule is COC(=O)C(O)CNS(=O)(=O)N1CCC(C(=O)OC)CC1. The summed E-state index contributed by atoms with van der Waals surface area (Å²) in [5.41, 5.74) is 0. The highest BCUT2D eigenvalue weighted by molar-refractivity contribution is 7.87. The summed E-state index contributed by atoms with van der Waals surface area (Å²) in [7, 11) is -1.42. The van der Waals surface area contributed by atoms with E-state index >= 15 is 0 Å². The Morgan fingerprint density at radius 2 is 1.86 bits per heavy atom. The monoisotopic (exact) mass is 324 g/mol. The Labute approximate surface area is 123 Å². The number of aliphatic hydroxyl groups excluding tert-OH is 1. The topological polar surface area (TPSA) is 122 Å². The smallest absolute Gasteiger partial charge is 0.336 e. The number of methoxy groups -OCH3 is 2. The molecule has 0 radical (unpaired) electrons. The number of nitrogens with one attached hydrogen (secondary N) is 1. The first-order valence-electron chi connectivity index (χ1n) is 6.40. The number of hydrogen-bond donors (Lipinski definition) is 2. The van der Waals surface area contributed by atoms with Crippen LogP contribution in [-0.4, -0.2) is 69.7 Å². The Hall–Kier alpha value is -1.23. The van der Waals surface area contributed by atoms with Crippen molar-refractivity contribution in [3.63, 3.8) is 0 Å². The van der Waals surface area contributed by atoms with Gasteiger partial charge in [-0.15, -0.1) is 0 Å². The average molecular weight is 324 g/mol. The van der Waals surface area contributed by atoms with Crippen molar-refractivity contribution in [3.8, 4) is 0 Å². The minimum absolute atomic E-state index is 0.170. The number of aliphatic hydroxyl groups is 1. The normalized spacial score (nSPS) is 19.0. The number of nitrogens with zero attached hydrogens (tertiary/aromatic N) is 1. The van der Waals surface area contributed by atoms with Gasteiger partial charge in [-0.2, -0.15) is 17.4 Å². The molecule has 122 valence electrons. The Morgan fingerprint density at radius 1 is 1.29 bits per heavy atom. The average Bonchev–Trinajstić information content (AvgIpc) is 2.51. The summed E-state index contributed by atoms with van der Waals surface area (Å²) >= 11 is 0. The van der Waals surface area contributed by atoms with Gasteiger partial charge >= 0.3 is 11.9 Å². The van der Waals surface area contributed by atoms with Gasteiger partial charge in [0.15, 0.2) is 6.10 Å². The molecule has 1 rings (SSSR count). The van der Waals surface area contributed by atoms with E-state index in [0.717, 1.165) is 11.4 Å². The third-order valence-electron chi connectivity index (χ3n) is 3.26. The number of rotatable bonds is 6. The number of piperidine rings is 1. The molecular formula is C11H20N2O7S. The Balaban J connectivity index is 2.50. The van der Waals surface area contributed by atoms with Crippen LogP contribution in [0.15, 0.2) is 0 Å². The van der Waals surface area contributed by atoms with Crippen molar-refractivity contribution < 1.29 is 32.6 Å². The number of carbonyl (C=O) groups excluding carboxylic acids is 2. The summed E-state index contributed by atoms with van der Waals surface area (Å²) < 4.78 is 36.2. The maximum absolute atomic E-state index is 12.0. The van der Waals surface area contributed by atoms with E-state index in [9.17, 15) is 23.1 Å². The summed E-state index contributed by atoms with van der Waals surface area (Å²) in [5.74, 6) is -1.56. The summed E-state index contributed by atoms with van der Waals surface area (Å²) in [6.07, 6.45) is -0.822. The minimum Gasteiger partial charge on any atom is -0.469 e. The predicted molar refractivity (Wildman–Crippen MR) is 71.3 cm³/mol. The van der Waals surface area contributed by atoms with Crippen LogP contribution < -0.4 is 4.72 Å². The van der Waals surface area contributed by atoms with Crippen LogP contribution in [0.25, 0.3) is 0 Å². The van der Waals surface area contributed by atoms with E-state index in [0.29, 0.717) is 12.8 Å². The zero-order valence-corrected chi connectivity index (χ0v) is 12.8. The molecule has 1 heterocycles. The van der Waals surface area contributed by atoms with Gasteiger partial charge < -0.3 is 14.6 Å². The summed E-state index contributed by atoms with van der Waals surface area (Å²) in [6.45, 7) is -0.126. The molecule has 0 aromatic heterocycles. The van der Waals surface area contributed by atoms with Gasteiger partial charge in [0.05, 0.1) is 20.1 Å². The third-order valence-corrected chi connectivity index (χ3v) is 4.84. The predicted octanol–water partition coefficient (Wildman–Crippen LogP) is -1.76. The zero-order valence-electron chi connectivity index (χ0n) is 11.9. The molecular weight excluding hydrogens is 304 g/mol. The summed E-state index contributed by atoms with van der Waals surface area (Å²) in [6, 6.07) is 0. The molecule has 1 fully saturated rings. The standard InChI is InChI=1S/C11H20N2O7S/c1-19-10(15)8-3-5-13(6-4-8)21(17,18)12-7-9(14)11(16)20-2/h8-9,12,14H,3-7H2,1-2H3. The fourth-order valence-corrected chi connectivity index (χ4v) is 3.24. The molecule has 0 amide bonds. The maximum Gasteiger partial charge on any atom is 0.336 e. The lowest BCUT2D eigenvalue weighted by Gasteiger charge is -2.30. The first kappa shape index (κ1) is 17.8. The molecule has 2 N–H and O–H groups in total. The van der Waals surface area contributed by atoms with Gasteiger partial charge in [0.1, 0.15) is 0 Å². The van der Waals surface area contributed by atoms with Crippen molar-refractivity contribution in [1.82, 2.24) is 9.03 Å². The van der Waals surface area contributed by atoms with Crippen molar-refractivity contribution in [1.29, 1.82) is 0 Å². The quantitative estimate of drug-likeness (QED) is 0.555. The van der Waals surface area contributed by atoms with Crippen LogP contribution in [-0.2, 0) is 29.3 Å². The third kappa shape index (κ3) is 4.92. The fraction of sp³-hybridized carbons (Fsp3) is 0.818. The van der Waals surface area contributed by atoms with Crippen molar-refractivity contribution in [3.05, 3.63) is 0 Å². The molecule has 21 heavy (non-hydrogen) atoms. The van der Waals surface area contributed by atoms with E-state index in [1.807, 2.05) is 0 Å². The first-order chi connectivity index (χ1) is 9.81. The summed E-state index contributed by atoms with van der Waals surface area (Å²) in [5, 5.41) is 9.34. The van der Waals surface area contributed by atoms with Crippen LogP contribution in [0.1, 0.15) is 12.8 Å². The fourth-order valence-electron chi connectivity index (χ4n) is 1.99.